The van der Waals surface area contributed by atoms with E-state index in [4.69, 9.17) is 18.3 Å². The number of nitrogens with zero attached hydrogens (tertiary/aromatic N) is 1. The molecule has 0 radical (unpaired) electrons. The van der Waals surface area contributed by atoms with Crippen molar-refractivity contribution in [3.8, 4) is 17.1 Å². The van der Waals surface area contributed by atoms with E-state index in [1.165, 1.54) is 0 Å². The van der Waals surface area contributed by atoms with E-state index in [0.717, 1.165) is 16.5 Å². The first-order valence-corrected chi connectivity index (χ1v) is 8.43. The summed E-state index contributed by atoms with van der Waals surface area (Å²) >= 11 is 0. The second kappa shape index (κ2) is 7.37. The molecule has 0 atom stereocenters. The van der Waals surface area contributed by atoms with Crippen molar-refractivity contribution in [3.05, 3.63) is 72.4 Å². The molecule has 2 heterocycles. The Morgan fingerprint density at radius 3 is 2.81 bits per heavy atom. The SMILES string of the molecule is COc1ccc2c(CC(=O)OCc3ncc(-c4ccccc4)o3)coc2c1. The molecule has 0 unspecified atom stereocenters. The summed E-state index contributed by atoms with van der Waals surface area (Å²) in [6.07, 6.45) is 3.28. The van der Waals surface area contributed by atoms with Crippen LogP contribution in [0.25, 0.3) is 22.3 Å². The molecule has 0 spiro atoms. The molecule has 136 valence electrons. The van der Waals surface area contributed by atoms with Crippen LogP contribution in [-0.2, 0) is 22.6 Å². The molecule has 0 aliphatic carbocycles. The molecule has 4 rings (SSSR count). The van der Waals surface area contributed by atoms with Crippen LogP contribution in [0.2, 0.25) is 0 Å². The molecule has 6 nitrogen and oxygen atoms in total. The van der Waals surface area contributed by atoms with Gasteiger partial charge >= 0.3 is 5.97 Å². The molecule has 2 aromatic heterocycles. The summed E-state index contributed by atoms with van der Waals surface area (Å²) in [4.78, 5) is 16.3. The fourth-order valence-electron chi connectivity index (χ4n) is 2.79. The van der Waals surface area contributed by atoms with Crippen molar-refractivity contribution in [2.24, 2.45) is 0 Å². The van der Waals surface area contributed by atoms with E-state index in [1.54, 1.807) is 25.6 Å². The molecule has 27 heavy (non-hydrogen) atoms. The summed E-state index contributed by atoms with van der Waals surface area (Å²) in [5.41, 5.74) is 2.34. The number of oxazole rings is 1. The highest BCUT2D eigenvalue weighted by atomic mass is 16.5. The smallest absolute Gasteiger partial charge is 0.310 e. The van der Waals surface area contributed by atoms with E-state index in [-0.39, 0.29) is 19.0 Å². The summed E-state index contributed by atoms with van der Waals surface area (Å²) in [7, 11) is 1.59. The third-order valence-corrected chi connectivity index (χ3v) is 4.17. The van der Waals surface area contributed by atoms with Crippen molar-refractivity contribution in [1.29, 1.82) is 0 Å². The summed E-state index contributed by atoms with van der Waals surface area (Å²) in [5.74, 6) is 1.30. The van der Waals surface area contributed by atoms with Gasteiger partial charge in [0.1, 0.15) is 11.3 Å². The number of rotatable bonds is 6. The zero-order valence-electron chi connectivity index (χ0n) is 14.7. The first kappa shape index (κ1) is 16.9. The Bertz CT molecular complexity index is 1060. The number of carbonyl (C=O) groups is 1. The van der Waals surface area contributed by atoms with E-state index in [1.807, 2.05) is 42.5 Å². The highest BCUT2D eigenvalue weighted by Crippen LogP contribution is 2.26. The molecule has 6 heteroatoms. The molecule has 4 aromatic rings. The zero-order chi connectivity index (χ0) is 18.6. The van der Waals surface area contributed by atoms with Gasteiger partial charge < -0.3 is 18.3 Å². The van der Waals surface area contributed by atoms with Gasteiger partial charge in [-0.1, -0.05) is 30.3 Å². The monoisotopic (exact) mass is 363 g/mol. The Labute approximate surface area is 155 Å². The molecule has 0 saturated heterocycles. The number of aromatic nitrogens is 1. The zero-order valence-corrected chi connectivity index (χ0v) is 14.7. The normalized spacial score (nSPS) is 10.9. The van der Waals surface area contributed by atoms with Gasteiger partial charge in [0.25, 0.3) is 0 Å². The quantitative estimate of drug-likeness (QED) is 0.473. The predicted molar refractivity (Wildman–Crippen MR) is 98.2 cm³/mol. The number of methoxy groups -OCH3 is 1. The van der Waals surface area contributed by atoms with Crippen molar-refractivity contribution < 1.29 is 23.1 Å². The van der Waals surface area contributed by atoms with Gasteiger partial charge in [-0.25, -0.2) is 4.98 Å². The highest BCUT2D eigenvalue weighted by molar-refractivity contribution is 5.86. The lowest BCUT2D eigenvalue weighted by Crippen LogP contribution is -2.07. The number of furan rings is 1. The van der Waals surface area contributed by atoms with Gasteiger partial charge in [-0.2, -0.15) is 0 Å². The molecule has 0 aliphatic heterocycles. The lowest BCUT2D eigenvalue weighted by atomic mass is 10.1. The number of ether oxygens (including phenoxy) is 2. The lowest BCUT2D eigenvalue weighted by molar-refractivity contribution is -0.144. The van der Waals surface area contributed by atoms with Crippen LogP contribution < -0.4 is 4.74 Å². The second-order valence-electron chi connectivity index (χ2n) is 5.94. The predicted octanol–water partition coefficient (Wildman–Crippen LogP) is 4.38. The van der Waals surface area contributed by atoms with E-state index in [2.05, 4.69) is 4.98 Å². The number of fused-ring (bicyclic) bond motifs is 1. The maximum Gasteiger partial charge on any atom is 0.310 e. The fraction of sp³-hybridized carbons (Fsp3) is 0.143. The molecule has 2 aromatic carbocycles. The molecule has 0 aliphatic rings. The largest absolute Gasteiger partial charge is 0.497 e. The average molecular weight is 363 g/mol. The fourth-order valence-corrected chi connectivity index (χ4v) is 2.79. The minimum atomic E-state index is -0.382. The van der Waals surface area contributed by atoms with Crippen LogP contribution in [0.3, 0.4) is 0 Å². The van der Waals surface area contributed by atoms with Gasteiger partial charge in [0.2, 0.25) is 5.89 Å². The molecule has 0 saturated carbocycles. The van der Waals surface area contributed by atoms with Crippen LogP contribution in [0, 0.1) is 0 Å². The molecular weight excluding hydrogens is 346 g/mol. The Kier molecular flexibility index (Phi) is 4.61. The second-order valence-corrected chi connectivity index (χ2v) is 5.94. The molecule has 0 amide bonds. The van der Waals surface area contributed by atoms with Gasteiger partial charge in [-0.05, 0) is 12.1 Å². The van der Waals surface area contributed by atoms with Gasteiger partial charge in [-0.3, -0.25) is 4.79 Å². The number of hydrogen-bond donors (Lipinski definition) is 0. The Morgan fingerprint density at radius 2 is 2.00 bits per heavy atom. The van der Waals surface area contributed by atoms with Crippen LogP contribution in [0.1, 0.15) is 11.5 Å². The third kappa shape index (κ3) is 3.69. The van der Waals surface area contributed by atoms with Crippen LogP contribution in [-0.4, -0.2) is 18.1 Å². The minimum absolute atomic E-state index is 0.0186. The summed E-state index contributed by atoms with van der Waals surface area (Å²) < 4.78 is 21.6. The first-order valence-electron chi connectivity index (χ1n) is 8.43. The van der Waals surface area contributed by atoms with Crippen LogP contribution in [0.15, 0.2) is 69.8 Å². The van der Waals surface area contributed by atoms with E-state index in [0.29, 0.717) is 23.0 Å². The lowest BCUT2D eigenvalue weighted by Gasteiger charge is -2.02. The Balaban J connectivity index is 1.38. The summed E-state index contributed by atoms with van der Waals surface area (Å²) in [6, 6.07) is 15.1. The van der Waals surface area contributed by atoms with Crippen molar-refractivity contribution in [2.45, 2.75) is 13.0 Å². The summed E-state index contributed by atoms with van der Waals surface area (Å²) in [6.45, 7) is -0.0186. The van der Waals surface area contributed by atoms with Crippen molar-refractivity contribution in [3.63, 3.8) is 0 Å². The highest BCUT2D eigenvalue weighted by Gasteiger charge is 2.14. The average Bonchev–Trinajstić information content (AvgIpc) is 3.34. The van der Waals surface area contributed by atoms with Crippen molar-refractivity contribution >= 4 is 16.9 Å². The third-order valence-electron chi connectivity index (χ3n) is 4.17. The molecule has 0 N–H and O–H groups in total. The number of benzene rings is 2. The van der Waals surface area contributed by atoms with E-state index < -0.39 is 0 Å². The first-order chi connectivity index (χ1) is 13.2. The van der Waals surface area contributed by atoms with Crippen molar-refractivity contribution in [1.82, 2.24) is 4.98 Å². The van der Waals surface area contributed by atoms with Crippen LogP contribution >= 0.6 is 0 Å². The standard InChI is InChI=1S/C21H17NO5/c1-24-16-7-8-17-15(12-25-18(17)10-16)9-21(23)26-13-20-22-11-19(27-20)14-5-3-2-4-6-14/h2-8,10-12H,9,13H2,1H3. The number of carbonyl (C=O) groups excluding carboxylic acids is 1. The minimum Gasteiger partial charge on any atom is -0.497 e. The van der Waals surface area contributed by atoms with Crippen molar-refractivity contribution in [2.75, 3.05) is 7.11 Å². The topological polar surface area (TPSA) is 74.7 Å². The summed E-state index contributed by atoms with van der Waals surface area (Å²) in [5, 5.41) is 0.857. The molecule has 0 fully saturated rings. The number of esters is 1. The molecule has 0 bridgehead atoms. The van der Waals surface area contributed by atoms with E-state index >= 15 is 0 Å². The molecular formula is C21H17NO5. The van der Waals surface area contributed by atoms with Crippen LogP contribution in [0.4, 0.5) is 0 Å². The van der Waals surface area contributed by atoms with Gasteiger partial charge in [-0.15, -0.1) is 0 Å². The Hall–Kier alpha value is -3.54. The van der Waals surface area contributed by atoms with E-state index in [9.17, 15) is 4.79 Å². The maximum atomic E-state index is 12.2. The van der Waals surface area contributed by atoms with Gasteiger partial charge in [0, 0.05) is 22.6 Å². The number of hydrogen-bond acceptors (Lipinski definition) is 6. The van der Waals surface area contributed by atoms with Gasteiger partial charge in [0.15, 0.2) is 12.4 Å². The Morgan fingerprint density at radius 1 is 1.15 bits per heavy atom. The van der Waals surface area contributed by atoms with Crippen LogP contribution in [0.5, 0.6) is 5.75 Å². The maximum absolute atomic E-state index is 12.2. The van der Waals surface area contributed by atoms with Gasteiger partial charge in [0.05, 0.1) is 26.0 Å².